The summed E-state index contributed by atoms with van der Waals surface area (Å²) >= 11 is 0. The highest BCUT2D eigenvalue weighted by Crippen LogP contribution is 2.20. The Morgan fingerprint density at radius 3 is 2.80 bits per heavy atom. The highest BCUT2D eigenvalue weighted by Gasteiger charge is 2.13. The average Bonchev–Trinajstić information content (AvgIpc) is 3.03. The number of rotatable bonds is 6. The van der Waals surface area contributed by atoms with Crippen LogP contribution in [0.15, 0.2) is 33.3 Å². The lowest BCUT2D eigenvalue weighted by Gasteiger charge is -2.12. The largest absolute Gasteiger partial charge is 0.467 e. The Kier molecular flexibility index (Phi) is 4.63. The van der Waals surface area contributed by atoms with E-state index in [2.05, 4.69) is 10.6 Å². The summed E-state index contributed by atoms with van der Waals surface area (Å²) in [5.41, 5.74) is 1.08. The van der Waals surface area contributed by atoms with E-state index in [1.165, 1.54) is 0 Å². The van der Waals surface area contributed by atoms with Crippen molar-refractivity contribution in [1.82, 2.24) is 10.6 Å². The smallest absolute Gasteiger partial charge is 0.234 e. The highest BCUT2D eigenvalue weighted by atomic mass is 16.3. The van der Waals surface area contributed by atoms with Crippen molar-refractivity contribution >= 4 is 5.91 Å². The quantitative estimate of drug-likeness (QED) is 0.850. The summed E-state index contributed by atoms with van der Waals surface area (Å²) in [7, 11) is 0. The maximum absolute atomic E-state index is 11.7. The molecule has 2 heterocycles. The Hall–Kier alpha value is -2.01. The molecule has 0 saturated carbocycles. The normalized spacial score (nSPS) is 12.3. The van der Waals surface area contributed by atoms with Gasteiger partial charge in [-0.2, -0.15) is 0 Å². The maximum atomic E-state index is 11.7. The molecule has 108 valence electrons. The van der Waals surface area contributed by atoms with Gasteiger partial charge in [0.05, 0.1) is 19.4 Å². The molecule has 2 N–H and O–H groups in total. The molecule has 0 saturated heterocycles. The minimum Gasteiger partial charge on any atom is -0.467 e. The summed E-state index contributed by atoms with van der Waals surface area (Å²) in [6.07, 6.45) is 1.59. The Bertz CT molecular complexity index is 558. The first-order chi connectivity index (χ1) is 9.56. The minimum atomic E-state index is -0.0638. The zero-order chi connectivity index (χ0) is 14.5. The van der Waals surface area contributed by atoms with Gasteiger partial charge >= 0.3 is 0 Å². The SMILES string of the molecule is Cc1cc([C@@H](C)NCC(=O)NCc2ccco2)c(C)o1. The van der Waals surface area contributed by atoms with E-state index in [0.717, 1.165) is 22.8 Å². The van der Waals surface area contributed by atoms with Gasteiger partial charge in [-0.25, -0.2) is 0 Å². The van der Waals surface area contributed by atoms with Crippen LogP contribution in [0.5, 0.6) is 0 Å². The van der Waals surface area contributed by atoms with E-state index in [4.69, 9.17) is 8.83 Å². The molecule has 0 aliphatic rings. The van der Waals surface area contributed by atoms with Crippen molar-refractivity contribution in [2.75, 3.05) is 6.54 Å². The lowest BCUT2D eigenvalue weighted by molar-refractivity contribution is -0.120. The van der Waals surface area contributed by atoms with Gasteiger partial charge in [-0.1, -0.05) is 0 Å². The predicted octanol–water partition coefficient (Wildman–Crippen LogP) is 2.46. The molecule has 0 radical (unpaired) electrons. The summed E-state index contributed by atoms with van der Waals surface area (Å²) in [5, 5.41) is 5.97. The van der Waals surface area contributed by atoms with Crippen molar-refractivity contribution in [3.63, 3.8) is 0 Å². The number of carbonyl (C=O) groups excluding carboxylic acids is 1. The van der Waals surface area contributed by atoms with Gasteiger partial charge in [-0.15, -0.1) is 0 Å². The zero-order valence-corrected chi connectivity index (χ0v) is 12.0. The standard InChI is InChI=1S/C15H20N2O3/c1-10-7-14(12(3)20-10)11(2)16-9-15(18)17-8-13-5-4-6-19-13/h4-7,11,16H,8-9H2,1-3H3,(H,17,18)/t11-/m1/s1. The van der Waals surface area contributed by atoms with Crippen LogP contribution in [0, 0.1) is 13.8 Å². The molecular weight excluding hydrogens is 256 g/mol. The van der Waals surface area contributed by atoms with Crippen molar-refractivity contribution in [1.29, 1.82) is 0 Å². The van der Waals surface area contributed by atoms with E-state index in [1.54, 1.807) is 12.3 Å². The third-order valence-corrected chi connectivity index (χ3v) is 3.15. The molecule has 0 bridgehead atoms. The van der Waals surface area contributed by atoms with Crippen LogP contribution in [-0.4, -0.2) is 12.5 Å². The number of furan rings is 2. The molecule has 5 nitrogen and oxygen atoms in total. The fraction of sp³-hybridized carbons (Fsp3) is 0.400. The molecule has 0 aliphatic carbocycles. The van der Waals surface area contributed by atoms with Crippen LogP contribution < -0.4 is 10.6 Å². The van der Waals surface area contributed by atoms with E-state index < -0.39 is 0 Å². The van der Waals surface area contributed by atoms with Gasteiger partial charge in [-0.05, 0) is 39.0 Å². The van der Waals surface area contributed by atoms with Crippen LogP contribution in [0.4, 0.5) is 0 Å². The van der Waals surface area contributed by atoms with Crippen molar-refractivity contribution in [3.05, 3.63) is 47.3 Å². The van der Waals surface area contributed by atoms with Crippen molar-refractivity contribution in [2.45, 2.75) is 33.4 Å². The second kappa shape index (κ2) is 6.43. The first-order valence-corrected chi connectivity index (χ1v) is 6.65. The molecule has 2 aromatic heterocycles. The summed E-state index contributed by atoms with van der Waals surface area (Å²) in [6, 6.07) is 5.69. The van der Waals surface area contributed by atoms with E-state index in [-0.39, 0.29) is 18.5 Å². The van der Waals surface area contributed by atoms with Crippen molar-refractivity contribution in [3.8, 4) is 0 Å². The molecule has 0 aromatic carbocycles. The van der Waals surface area contributed by atoms with Gasteiger partial charge < -0.3 is 19.5 Å². The third-order valence-electron chi connectivity index (χ3n) is 3.15. The molecule has 20 heavy (non-hydrogen) atoms. The fourth-order valence-corrected chi connectivity index (χ4v) is 2.10. The molecule has 0 spiro atoms. The van der Waals surface area contributed by atoms with E-state index >= 15 is 0 Å². The lowest BCUT2D eigenvalue weighted by Crippen LogP contribution is -2.34. The summed E-state index contributed by atoms with van der Waals surface area (Å²) in [5.74, 6) is 2.45. The molecule has 0 fully saturated rings. The van der Waals surface area contributed by atoms with Gasteiger partial charge in [0.25, 0.3) is 0 Å². The second-order valence-electron chi connectivity index (χ2n) is 4.83. The molecule has 0 unspecified atom stereocenters. The van der Waals surface area contributed by atoms with Crippen LogP contribution in [0.25, 0.3) is 0 Å². The van der Waals surface area contributed by atoms with Crippen LogP contribution in [0.1, 0.15) is 35.8 Å². The third kappa shape index (κ3) is 3.74. The number of hydrogen-bond donors (Lipinski definition) is 2. The van der Waals surface area contributed by atoms with Crippen molar-refractivity contribution in [2.24, 2.45) is 0 Å². The lowest BCUT2D eigenvalue weighted by atomic mass is 10.1. The molecule has 1 amide bonds. The summed E-state index contributed by atoms with van der Waals surface area (Å²) < 4.78 is 10.6. The van der Waals surface area contributed by atoms with Crippen molar-refractivity contribution < 1.29 is 13.6 Å². The van der Waals surface area contributed by atoms with E-state index in [9.17, 15) is 4.79 Å². The first-order valence-electron chi connectivity index (χ1n) is 6.65. The molecule has 2 rings (SSSR count). The number of amides is 1. The average molecular weight is 276 g/mol. The van der Waals surface area contributed by atoms with Gasteiger partial charge in [0.15, 0.2) is 0 Å². The summed E-state index contributed by atoms with van der Waals surface area (Å²) in [6.45, 7) is 6.52. The number of hydrogen-bond acceptors (Lipinski definition) is 4. The van der Waals surface area contributed by atoms with E-state index in [0.29, 0.717) is 6.54 Å². The monoisotopic (exact) mass is 276 g/mol. The zero-order valence-electron chi connectivity index (χ0n) is 12.0. The van der Waals surface area contributed by atoms with Crippen LogP contribution in [0.3, 0.4) is 0 Å². The molecular formula is C15H20N2O3. The van der Waals surface area contributed by atoms with Crippen LogP contribution in [0.2, 0.25) is 0 Å². The number of carbonyl (C=O) groups is 1. The van der Waals surface area contributed by atoms with Gasteiger partial charge in [0, 0.05) is 11.6 Å². The second-order valence-corrected chi connectivity index (χ2v) is 4.83. The highest BCUT2D eigenvalue weighted by molar-refractivity contribution is 5.77. The minimum absolute atomic E-state index is 0.0638. The van der Waals surface area contributed by atoms with Crippen LogP contribution >= 0.6 is 0 Å². The number of aryl methyl sites for hydroxylation is 2. The molecule has 5 heteroatoms. The Labute approximate surface area is 118 Å². The first kappa shape index (κ1) is 14.4. The van der Waals surface area contributed by atoms with E-state index in [1.807, 2.05) is 32.9 Å². The maximum Gasteiger partial charge on any atom is 0.234 e. The Balaban J connectivity index is 1.76. The fourth-order valence-electron chi connectivity index (χ4n) is 2.10. The summed E-state index contributed by atoms with van der Waals surface area (Å²) in [4.78, 5) is 11.7. The van der Waals surface area contributed by atoms with Gasteiger partial charge in [0.1, 0.15) is 17.3 Å². The molecule has 2 aromatic rings. The van der Waals surface area contributed by atoms with Crippen LogP contribution in [-0.2, 0) is 11.3 Å². The Morgan fingerprint density at radius 2 is 2.20 bits per heavy atom. The Morgan fingerprint density at radius 1 is 1.40 bits per heavy atom. The number of nitrogens with one attached hydrogen (secondary N) is 2. The van der Waals surface area contributed by atoms with Gasteiger partial charge in [0.2, 0.25) is 5.91 Å². The predicted molar refractivity (Wildman–Crippen MR) is 75.2 cm³/mol. The topological polar surface area (TPSA) is 67.4 Å². The van der Waals surface area contributed by atoms with Gasteiger partial charge in [-0.3, -0.25) is 4.79 Å². The molecule has 0 aliphatic heterocycles. The molecule has 1 atom stereocenters.